The minimum atomic E-state index is -0.0693. The third-order valence-electron chi connectivity index (χ3n) is 2.78. The lowest BCUT2D eigenvalue weighted by Crippen LogP contribution is -2.33. The highest BCUT2D eigenvalue weighted by Crippen LogP contribution is 2.25. The molecule has 6 heteroatoms. The highest BCUT2D eigenvalue weighted by molar-refractivity contribution is 6.35. The molecule has 2 rings (SSSR count). The van der Waals surface area contributed by atoms with Crippen LogP contribution < -0.4 is 11.1 Å². The predicted octanol–water partition coefficient (Wildman–Crippen LogP) is 3.75. The van der Waals surface area contributed by atoms with Gasteiger partial charge in [0.2, 0.25) is 0 Å². The van der Waals surface area contributed by atoms with Crippen LogP contribution in [0.15, 0.2) is 46.0 Å². The van der Waals surface area contributed by atoms with Gasteiger partial charge in [-0.2, -0.15) is 0 Å². The standard InChI is InChI=1S/C14H15Cl2N3O/c1-9(12-5-4-10(15)7-13(12)16)19-14(17)18-8-11-3-2-6-20-11/h2-7,9H,8H2,1H3,(H3,17,18,19). The average Bonchev–Trinajstić information content (AvgIpc) is 2.89. The molecule has 0 saturated carbocycles. The Labute approximate surface area is 127 Å². The van der Waals surface area contributed by atoms with Gasteiger partial charge in [0.15, 0.2) is 5.96 Å². The summed E-state index contributed by atoms with van der Waals surface area (Å²) in [6.45, 7) is 2.34. The topological polar surface area (TPSA) is 63.5 Å². The summed E-state index contributed by atoms with van der Waals surface area (Å²) in [7, 11) is 0. The number of halogens is 2. The number of hydrogen-bond acceptors (Lipinski definition) is 2. The first kappa shape index (κ1) is 14.8. The molecule has 1 heterocycles. The Balaban J connectivity index is 1.99. The molecule has 1 unspecified atom stereocenters. The maximum atomic E-state index is 6.15. The number of nitrogens with zero attached hydrogens (tertiary/aromatic N) is 1. The van der Waals surface area contributed by atoms with Gasteiger partial charge >= 0.3 is 0 Å². The molecule has 1 aromatic heterocycles. The first-order valence-corrected chi connectivity index (χ1v) is 6.85. The van der Waals surface area contributed by atoms with Gasteiger partial charge in [0, 0.05) is 10.0 Å². The van der Waals surface area contributed by atoms with Gasteiger partial charge in [-0.1, -0.05) is 29.3 Å². The van der Waals surface area contributed by atoms with E-state index in [9.17, 15) is 0 Å². The second kappa shape index (κ2) is 6.68. The van der Waals surface area contributed by atoms with Crippen LogP contribution in [0.4, 0.5) is 0 Å². The lowest BCUT2D eigenvalue weighted by molar-refractivity contribution is 0.512. The number of nitrogens with one attached hydrogen (secondary N) is 1. The normalized spacial score (nSPS) is 13.2. The Bertz CT molecular complexity index is 596. The Hall–Kier alpha value is -1.65. The van der Waals surface area contributed by atoms with Gasteiger partial charge in [0.05, 0.1) is 12.3 Å². The average molecular weight is 312 g/mol. The van der Waals surface area contributed by atoms with Gasteiger partial charge in [-0.15, -0.1) is 0 Å². The first-order chi connectivity index (χ1) is 9.56. The van der Waals surface area contributed by atoms with Crippen molar-refractivity contribution in [2.24, 2.45) is 10.7 Å². The summed E-state index contributed by atoms with van der Waals surface area (Å²) < 4.78 is 5.18. The summed E-state index contributed by atoms with van der Waals surface area (Å²) >= 11 is 12.0. The van der Waals surface area contributed by atoms with E-state index in [-0.39, 0.29) is 6.04 Å². The van der Waals surface area contributed by atoms with E-state index in [2.05, 4.69) is 10.3 Å². The van der Waals surface area contributed by atoms with E-state index >= 15 is 0 Å². The Kier molecular flexibility index (Phi) is 4.93. The lowest BCUT2D eigenvalue weighted by Gasteiger charge is -2.16. The van der Waals surface area contributed by atoms with Crippen LogP contribution in [0.25, 0.3) is 0 Å². The van der Waals surface area contributed by atoms with Crippen LogP contribution in [0.1, 0.15) is 24.3 Å². The van der Waals surface area contributed by atoms with Crippen molar-refractivity contribution in [2.45, 2.75) is 19.5 Å². The largest absolute Gasteiger partial charge is 0.467 e. The molecule has 0 aliphatic heterocycles. The predicted molar refractivity (Wildman–Crippen MR) is 82.0 cm³/mol. The molecule has 0 amide bonds. The number of aliphatic imine (C=N–C) groups is 1. The van der Waals surface area contributed by atoms with Crippen LogP contribution in [0.2, 0.25) is 10.0 Å². The molecule has 4 nitrogen and oxygen atoms in total. The van der Waals surface area contributed by atoms with Gasteiger partial charge in [-0.25, -0.2) is 4.99 Å². The smallest absolute Gasteiger partial charge is 0.189 e. The Morgan fingerprint density at radius 1 is 1.40 bits per heavy atom. The summed E-state index contributed by atoms with van der Waals surface area (Å²) in [6.07, 6.45) is 1.60. The second-order valence-corrected chi connectivity index (χ2v) is 5.16. The van der Waals surface area contributed by atoms with Crippen LogP contribution in [-0.2, 0) is 6.54 Å². The van der Waals surface area contributed by atoms with E-state index in [1.54, 1.807) is 18.4 Å². The molecule has 0 radical (unpaired) electrons. The fourth-order valence-corrected chi connectivity index (χ4v) is 2.34. The Morgan fingerprint density at radius 3 is 2.85 bits per heavy atom. The van der Waals surface area contributed by atoms with E-state index in [0.717, 1.165) is 11.3 Å². The van der Waals surface area contributed by atoms with Crippen molar-refractivity contribution in [2.75, 3.05) is 0 Å². The van der Waals surface area contributed by atoms with Gasteiger partial charge in [-0.3, -0.25) is 0 Å². The number of rotatable bonds is 4. The fourth-order valence-electron chi connectivity index (χ4n) is 1.76. The fraction of sp³-hybridized carbons (Fsp3) is 0.214. The number of nitrogens with two attached hydrogens (primary N) is 1. The number of hydrogen-bond donors (Lipinski definition) is 2. The molecule has 2 aromatic rings. The highest BCUT2D eigenvalue weighted by atomic mass is 35.5. The molecule has 1 aromatic carbocycles. The minimum Gasteiger partial charge on any atom is -0.467 e. The number of benzene rings is 1. The summed E-state index contributed by atoms with van der Waals surface area (Å²) in [5, 5.41) is 4.27. The molecule has 0 bridgehead atoms. The van der Waals surface area contributed by atoms with E-state index in [4.69, 9.17) is 33.4 Å². The van der Waals surface area contributed by atoms with Crippen LogP contribution in [-0.4, -0.2) is 5.96 Å². The maximum Gasteiger partial charge on any atom is 0.189 e. The molecule has 20 heavy (non-hydrogen) atoms. The second-order valence-electron chi connectivity index (χ2n) is 4.31. The van der Waals surface area contributed by atoms with Crippen LogP contribution >= 0.6 is 23.2 Å². The molecule has 3 N–H and O–H groups in total. The van der Waals surface area contributed by atoms with Crippen molar-refractivity contribution in [3.05, 3.63) is 58.0 Å². The maximum absolute atomic E-state index is 6.15. The lowest BCUT2D eigenvalue weighted by atomic mass is 10.1. The SMILES string of the molecule is CC(NC(N)=NCc1ccco1)c1ccc(Cl)cc1Cl. The third-order valence-corrected chi connectivity index (χ3v) is 3.34. The molecular formula is C14H15Cl2N3O. The number of guanidine groups is 1. The van der Waals surface area contributed by atoms with Gasteiger partial charge in [0.25, 0.3) is 0 Å². The van der Waals surface area contributed by atoms with Gasteiger partial charge < -0.3 is 15.5 Å². The van der Waals surface area contributed by atoms with Crippen LogP contribution in [0.5, 0.6) is 0 Å². The molecule has 106 valence electrons. The zero-order valence-corrected chi connectivity index (χ0v) is 12.4. The molecular weight excluding hydrogens is 297 g/mol. The van der Waals surface area contributed by atoms with Gasteiger partial charge in [0.1, 0.15) is 12.3 Å². The van der Waals surface area contributed by atoms with Crippen molar-refractivity contribution in [1.29, 1.82) is 0 Å². The molecule has 0 saturated heterocycles. The van der Waals surface area contributed by atoms with Crippen LogP contribution in [0, 0.1) is 0 Å². The molecule has 0 aliphatic carbocycles. The molecule has 0 aliphatic rings. The highest BCUT2D eigenvalue weighted by Gasteiger charge is 2.10. The summed E-state index contributed by atoms with van der Waals surface area (Å²) in [5.74, 6) is 1.09. The van der Waals surface area contributed by atoms with E-state index < -0.39 is 0 Å². The third kappa shape index (κ3) is 3.92. The van der Waals surface area contributed by atoms with Crippen molar-refractivity contribution >= 4 is 29.2 Å². The quantitative estimate of drug-likeness (QED) is 0.667. The minimum absolute atomic E-state index is 0.0693. The summed E-state index contributed by atoms with van der Waals surface area (Å²) in [4.78, 5) is 4.20. The summed E-state index contributed by atoms with van der Waals surface area (Å²) in [5.41, 5.74) is 6.75. The van der Waals surface area contributed by atoms with E-state index in [0.29, 0.717) is 22.5 Å². The van der Waals surface area contributed by atoms with Gasteiger partial charge in [-0.05, 0) is 36.8 Å². The summed E-state index contributed by atoms with van der Waals surface area (Å²) in [6, 6.07) is 8.94. The van der Waals surface area contributed by atoms with Crippen LogP contribution in [0.3, 0.4) is 0 Å². The first-order valence-electron chi connectivity index (χ1n) is 6.10. The van der Waals surface area contributed by atoms with Crippen molar-refractivity contribution < 1.29 is 4.42 Å². The Morgan fingerprint density at radius 2 is 2.20 bits per heavy atom. The van der Waals surface area contributed by atoms with E-state index in [1.807, 2.05) is 25.1 Å². The molecule has 1 atom stereocenters. The molecule has 0 spiro atoms. The van der Waals surface area contributed by atoms with E-state index in [1.165, 1.54) is 0 Å². The van der Waals surface area contributed by atoms with Crippen molar-refractivity contribution in [1.82, 2.24) is 5.32 Å². The van der Waals surface area contributed by atoms with Crippen molar-refractivity contribution in [3.63, 3.8) is 0 Å². The zero-order valence-electron chi connectivity index (χ0n) is 10.9. The molecule has 0 fully saturated rings. The zero-order chi connectivity index (χ0) is 14.5. The van der Waals surface area contributed by atoms with Crippen molar-refractivity contribution in [3.8, 4) is 0 Å². The number of furan rings is 1. The monoisotopic (exact) mass is 311 g/mol.